The molecule has 0 aromatic heterocycles. The Hall–Kier alpha value is 0.150. The van der Waals surface area contributed by atoms with E-state index >= 15 is 0 Å². The molecule has 0 aromatic carbocycles. The van der Waals surface area contributed by atoms with Crippen LogP contribution in [-0.4, -0.2) is 75.9 Å². The van der Waals surface area contributed by atoms with Crippen LogP contribution in [0.5, 0.6) is 0 Å². The van der Waals surface area contributed by atoms with Gasteiger partial charge in [0.15, 0.2) is 0 Å². The zero-order valence-electron chi connectivity index (χ0n) is 11.7. The van der Waals surface area contributed by atoms with Gasteiger partial charge in [0.25, 0.3) is 0 Å². The van der Waals surface area contributed by atoms with Crippen LogP contribution in [0, 0.1) is 0 Å². The maximum Gasteiger partial charge on any atom is 0.0701 e. The van der Waals surface area contributed by atoms with Gasteiger partial charge >= 0.3 is 0 Å². The molecule has 2 unspecified atom stereocenters. The van der Waals surface area contributed by atoms with Crippen molar-refractivity contribution in [1.82, 2.24) is 5.32 Å². The van der Waals surface area contributed by atoms with Gasteiger partial charge in [-0.1, -0.05) is 0 Å². The molecule has 0 aromatic rings. The molecule has 0 aliphatic carbocycles. The molecule has 6 heteroatoms. The van der Waals surface area contributed by atoms with Crippen LogP contribution >= 0.6 is 11.8 Å². The minimum Gasteiger partial charge on any atom is -0.395 e. The van der Waals surface area contributed by atoms with Crippen molar-refractivity contribution in [1.29, 1.82) is 0 Å². The van der Waals surface area contributed by atoms with Crippen molar-refractivity contribution in [3.63, 3.8) is 0 Å². The first kappa shape index (κ1) is 18.1. The van der Waals surface area contributed by atoms with E-state index in [1.807, 2.05) is 6.26 Å². The fraction of sp³-hybridized carbons (Fsp3) is 1.00. The molecule has 0 rings (SSSR count). The van der Waals surface area contributed by atoms with Crippen molar-refractivity contribution in [2.75, 3.05) is 59.6 Å². The quantitative estimate of drug-likeness (QED) is 0.476. The number of aliphatic hydroxyl groups is 1. The van der Waals surface area contributed by atoms with E-state index in [1.165, 1.54) is 0 Å². The third-order valence-corrected chi connectivity index (χ3v) is 3.72. The minimum absolute atomic E-state index is 0.198. The first-order valence-corrected chi connectivity index (χ1v) is 7.56. The summed E-state index contributed by atoms with van der Waals surface area (Å²) >= 11 is 1.67. The molecule has 0 fully saturated rings. The zero-order valence-corrected chi connectivity index (χ0v) is 12.5. The molecule has 0 heterocycles. The summed E-state index contributed by atoms with van der Waals surface area (Å²) in [6, 6.07) is 0.284. The molecule has 0 aliphatic rings. The van der Waals surface area contributed by atoms with Crippen molar-refractivity contribution in [3.05, 3.63) is 0 Å². The average Bonchev–Trinajstić information content (AvgIpc) is 2.38. The number of hydrogen-bond donors (Lipinski definition) is 2. The van der Waals surface area contributed by atoms with Crippen molar-refractivity contribution >= 4 is 11.8 Å². The molecule has 5 nitrogen and oxygen atoms in total. The molecular weight excluding hydrogens is 254 g/mol. The van der Waals surface area contributed by atoms with Crippen LogP contribution in [0.25, 0.3) is 0 Å². The standard InChI is InChI=1S/C12H27NO4S/c1-11(12(10-14)18-3)13-4-5-16-8-9-17-7-6-15-2/h11-14H,4-10H2,1-3H3. The summed E-state index contributed by atoms with van der Waals surface area (Å²) in [6.07, 6.45) is 2.01. The normalized spacial score (nSPS) is 14.7. The van der Waals surface area contributed by atoms with Gasteiger partial charge in [-0.2, -0.15) is 11.8 Å². The second-order valence-electron chi connectivity index (χ2n) is 3.92. The lowest BCUT2D eigenvalue weighted by Crippen LogP contribution is -2.39. The number of rotatable bonds is 13. The van der Waals surface area contributed by atoms with Crippen LogP contribution in [0.15, 0.2) is 0 Å². The van der Waals surface area contributed by atoms with Gasteiger partial charge in [0.1, 0.15) is 0 Å². The second-order valence-corrected chi connectivity index (χ2v) is 4.99. The third-order valence-electron chi connectivity index (χ3n) is 2.56. The first-order valence-electron chi connectivity index (χ1n) is 6.27. The summed E-state index contributed by atoms with van der Waals surface area (Å²) in [5, 5.41) is 12.7. The van der Waals surface area contributed by atoms with Crippen molar-refractivity contribution in [3.8, 4) is 0 Å². The van der Waals surface area contributed by atoms with E-state index < -0.39 is 0 Å². The topological polar surface area (TPSA) is 60.0 Å². The Bertz CT molecular complexity index is 170. The zero-order chi connectivity index (χ0) is 13.6. The molecule has 18 heavy (non-hydrogen) atoms. The Morgan fingerprint density at radius 2 is 1.72 bits per heavy atom. The molecule has 0 amide bonds. The van der Waals surface area contributed by atoms with Crippen LogP contribution < -0.4 is 5.32 Å². The Kier molecular flexibility index (Phi) is 13.7. The first-order chi connectivity index (χ1) is 8.76. The lowest BCUT2D eigenvalue weighted by atomic mass is 10.2. The predicted molar refractivity (Wildman–Crippen MR) is 75.4 cm³/mol. The molecule has 2 atom stereocenters. The maximum absolute atomic E-state index is 9.12. The lowest BCUT2D eigenvalue weighted by Gasteiger charge is -2.21. The monoisotopic (exact) mass is 281 g/mol. The summed E-state index contributed by atoms with van der Waals surface area (Å²) < 4.78 is 15.5. The average molecular weight is 281 g/mol. The number of ether oxygens (including phenoxy) is 3. The smallest absolute Gasteiger partial charge is 0.0701 e. The van der Waals surface area contributed by atoms with Gasteiger partial charge in [0.2, 0.25) is 0 Å². The molecular formula is C12H27NO4S. The van der Waals surface area contributed by atoms with E-state index in [4.69, 9.17) is 19.3 Å². The van der Waals surface area contributed by atoms with Crippen molar-refractivity contribution < 1.29 is 19.3 Å². The summed E-state index contributed by atoms with van der Waals surface area (Å²) in [4.78, 5) is 0. The molecule has 110 valence electrons. The van der Waals surface area contributed by atoms with E-state index in [1.54, 1.807) is 18.9 Å². The van der Waals surface area contributed by atoms with Gasteiger partial charge < -0.3 is 24.6 Å². The van der Waals surface area contributed by atoms with E-state index in [0.717, 1.165) is 6.54 Å². The van der Waals surface area contributed by atoms with Crippen LogP contribution in [0.4, 0.5) is 0 Å². The highest BCUT2D eigenvalue weighted by atomic mass is 32.2. The third kappa shape index (κ3) is 10.1. The summed E-state index contributed by atoms with van der Waals surface area (Å²) in [6.45, 7) is 6.15. The highest BCUT2D eigenvalue weighted by Gasteiger charge is 2.13. The Balaban J connectivity index is 3.24. The molecule has 0 spiro atoms. The van der Waals surface area contributed by atoms with E-state index in [-0.39, 0.29) is 17.9 Å². The van der Waals surface area contributed by atoms with E-state index in [9.17, 15) is 0 Å². The summed E-state index contributed by atoms with van der Waals surface area (Å²) in [7, 11) is 1.65. The second kappa shape index (κ2) is 13.6. The van der Waals surface area contributed by atoms with Gasteiger partial charge in [0, 0.05) is 24.9 Å². The van der Waals surface area contributed by atoms with Gasteiger partial charge in [-0.25, -0.2) is 0 Å². The van der Waals surface area contributed by atoms with Gasteiger partial charge in [-0.05, 0) is 13.2 Å². The molecule has 0 aliphatic heterocycles. The van der Waals surface area contributed by atoms with Crippen molar-refractivity contribution in [2.24, 2.45) is 0 Å². The fourth-order valence-corrected chi connectivity index (χ4v) is 2.04. The van der Waals surface area contributed by atoms with E-state index in [0.29, 0.717) is 33.0 Å². The Morgan fingerprint density at radius 1 is 1.11 bits per heavy atom. The SMILES string of the molecule is COCCOCCOCCNC(C)C(CO)SC. The number of thioether (sulfide) groups is 1. The maximum atomic E-state index is 9.12. The molecule has 2 N–H and O–H groups in total. The number of hydrogen-bond acceptors (Lipinski definition) is 6. The Labute approximate surface area is 115 Å². The minimum atomic E-state index is 0.198. The van der Waals surface area contributed by atoms with Gasteiger partial charge in [-0.15, -0.1) is 0 Å². The molecule has 0 bridgehead atoms. The lowest BCUT2D eigenvalue weighted by molar-refractivity contribution is 0.0252. The summed E-state index contributed by atoms with van der Waals surface area (Å²) in [5.74, 6) is 0. The van der Waals surface area contributed by atoms with Crippen LogP contribution in [0.2, 0.25) is 0 Å². The van der Waals surface area contributed by atoms with Crippen LogP contribution in [0.1, 0.15) is 6.92 Å². The fourth-order valence-electron chi connectivity index (χ4n) is 1.39. The number of methoxy groups -OCH3 is 1. The molecule has 0 saturated carbocycles. The summed E-state index contributed by atoms with van der Waals surface area (Å²) in [5.41, 5.74) is 0. The van der Waals surface area contributed by atoms with Gasteiger partial charge in [-0.3, -0.25) is 0 Å². The number of nitrogens with one attached hydrogen (secondary N) is 1. The largest absolute Gasteiger partial charge is 0.395 e. The molecule has 0 radical (unpaired) electrons. The van der Waals surface area contributed by atoms with Crippen LogP contribution in [-0.2, 0) is 14.2 Å². The highest BCUT2D eigenvalue weighted by molar-refractivity contribution is 7.99. The van der Waals surface area contributed by atoms with E-state index in [2.05, 4.69) is 12.2 Å². The number of aliphatic hydroxyl groups excluding tert-OH is 1. The highest BCUT2D eigenvalue weighted by Crippen LogP contribution is 2.09. The Morgan fingerprint density at radius 3 is 2.28 bits per heavy atom. The van der Waals surface area contributed by atoms with Crippen molar-refractivity contribution in [2.45, 2.75) is 18.2 Å². The predicted octanol–water partition coefficient (Wildman–Crippen LogP) is 0.368. The van der Waals surface area contributed by atoms with Gasteiger partial charge in [0.05, 0.1) is 39.6 Å². The molecule has 0 saturated heterocycles. The van der Waals surface area contributed by atoms with Crippen LogP contribution in [0.3, 0.4) is 0 Å².